The Kier molecular flexibility index (Phi) is 3.50. The van der Waals surface area contributed by atoms with Crippen molar-refractivity contribution in [3.8, 4) is 5.75 Å². The molecule has 2 aromatic rings. The van der Waals surface area contributed by atoms with Crippen molar-refractivity contribution in [3.63, 3.8) is 0 Å². The molecule has 17 heavy (non-hydrogen) atoms. The molecule has 4 heteroatoms. The fourth-order valence-corrected chi connectivity index (χ4v) is 2.07. The SMILES string of the molecule is CCC(O)c1nc(Cl)cc2c(OC)cccc12. The van der Waals surface area contributed by atoms with Gasteiger partial charge in [0.25, 0.3) is 0 Å². The van der Waals surface area contributed by atoms with E-state index in [1.165, 1.54) is 0 Å². The molecule has 3 nitrogen and oxygen atoms in total. The van der Waals surface area contributed by atoms with E-state index in [0.717, 1.165) is 16.5 Å². The van der Waals surface area contributed by atoms with E-state index in [-0.39, 0.29) is 0 Å². The average Bonchev–Trinajstić information content (AvgIpc) is 2.36. The van der Waals surface area contributed by atoms with Crippen LogP contribution in [0.2, 0.25) is 5.15 Å². The smallest absolute Gasteiger partial charge is 0.130 e. The number of halogens is 1. The summed E-state index contributed by atoms with van der Waals surface area (Å²) in [5, 5.41) is 12.1. The summed E-state index contributed by atoms with van der Waals surface area (Å²) < 4.78 is 5.28. The average molecular weight is 252 g/mol. The molecule has 0 aliphatic rings. The molecule has 1 atom stereocenters. The van der Waals surface area contributed by atoms with Crippen molar-refractivity contribution in [2.24, 2.45) is 0 Å². The Morgan fingerprint density at radius 3 is 2.82 bits per heavy atom. The van der Waals surface area contributed by atoms with Crippen molar-refractivity contribution >= 4 is 22.4 Å². The van der Waals surface area contributed by atoms with Crippen molar-refractivity contribution in [2.75, 3.05) is 7.11 Å². The van der Waals surface area contributed by atoms with E-state index >= 15 is 0 Å². The highest BCUT2D eigenvalue weighted by molar-refractivity contribution is 6.30. The molecule has 0 aliphatic carbocycles. The van der Waals surface area contributed by atoms with Crippen LogP contribution in [0.25, 0.3) is 10.8 Å². The molecule has 1 unspecified atom stereocenters. The van der Waals surface area contributed by atoms with E-state index in [0.29, 0.717) is 17.3 Å². The molecule has 90 valence electrons. The number of aliphatic hydroxyl groups is 1. The zero-order chi connectivity index (χ0) is 12.4. The third-order valence-electron chi connectivity index (χ3n) is 2.76. The molecule has 0 bridgehead atoms. The summed E-state index contributed by atoms with van der Waals surface area (Å²) in [6.07, 6.45) is -0.0112. The molecule has 1 aromatic carbocycles. The maximum atomic E-state index is 9.95. The lowest BCUT2D eigenvalue weighted by Gasteiger charge is -2.13. The van der Waals surface area contributed by atoms with E-state index in [4.69, 9.17) is 16.3 Å². The summed E-state index contributed by atoms with van der Waals surface area (Å²) in [7, 11) is 1.61. The molecule has 2 rings (SSSR count). The Labute approximate surface area is 105 Å². The van der Waals surface area contributed by atoms with Crippen LogP contribution in [-0.4, -0.2) is 17.2 Å². The summed E-state index contributed by atoms with van der Waals surface area (Å²) in [6.45, 7) is 1.90. The maximum absolute atomic E-state index is 9.95. The lowest BCUT2D eigenvalue weighted by molar-refractivity contribution is 0.170. The Bertz CT molecular complexity index is 542. The van der Waals surface area contributed by atoms with Crippen molar-refractivity contribution < 1.29 is 9.84 Å². The fourth-order valence-electron chi connectivity index (χ4n) is 1.87. The molecule has 1 heterocycles. The Hall–Kier alpha value is -1.32. The van der Waals surface area contributed by atoms with Crippen molar-refractivity contribution in [2.45, 2.75) is 19.4 Å². The molecule has 0 aliphatic heterocycles. The van der Waals surface area contributed by atoms with Gasteiger partial charge in [-0.15, -0.1) is 0 Å². The van der Waals surface area contributed by atoms with Crippen LogP contribution in [0, 0.1) is 0 Å². The van der Waals surface area contributed by atoms with Crippen LogP contribution < -0.4 is 4.74 Å². The molecular formula is C13H14ClNO2. The van der Waals surface area contributed by atoms with Gasteiger partial charge < -0.3 is 9.84 Å². The second-order valence-electron chi connectivity index (χ2n) is 3.81. The van der Waals surface area contributed by atoms with E-state index < -0.39 is 6.10 Å². The predicted octanol–water partition coefficient (Wildman–Crippen LogP) is 3.34. The van der Waals surface area contributed by atoms with Gasteiger partial charge in [-0.3, -0.25) is 0 Å². The first kappa shape index (κ1) is 12.1. The van der Waals surface area contributed by atoms with Crippen LogP contribution in [0.4, 0.5) is 0 Å². The molecule has 0 spiro atoms. The Morgan fingerprint density at radius 1 is 1.41 bits per heavy atom. The summed E-state index contributed by atoms with van der Waals surface area (Å²) in [5.41, 5.74) is 0.605. The minimum atomic E-state index is -0.608. The lowest BCUT2D eigenvalue weighted by Crippen LogP contribution is -2.01. The van der Waals surface area contributed by atoms with Crippen molar-refractivity contribution in [1.29, 1.82) is 0 Å². The van der Waals surface area contributed by atoms with Gasteiger partial charge >= 0.3 is 0 Å². The van der Waals surface area contributed by atoms with E-state index in [1.54, 1.807) is 13.2 Å². The minimum Gasteiger partial charge on any atom is -0.496 e. The summed E-state index contributed by atoms with van der Waals surface area (Å²) in [4.78, 5) is 4.21. The van der Waals surface area contributed by atoms with Crippen LogP contribution in [0.5, 0.6) is 5.75 Å². The number of fused-ring (bicyclic) bond motifs is 1. The van der Waals surface area contributed by atoms with Crippen LogP contribution in [0.15, 0.2) is 24.3 Å². The van der Waals surface area contributed by atoms with Gasteiger partial charge in [-0.2, -0.15) is 0 Å². The van der Waals surface area contributed by atoms with Crippen LogP contribution in [0.3, 0.4) is 0 Å². The predicted molar refractivity (Wildman–Crippen MR) is 68.6 cm³/mol. The minimum absolute atomic E-state index is 0.365. The highest BCUT2D eigenvalue weighted by Gasteiger charge is 2.14. The Balaban J connectivity index is 2.76. The number of hydrogen-bond donors (Lipinski definition) is 1. The molecule has 1 N–H and O–H groups in total. The van der Waals surface area contributed by atoms with Crippen molar-refractivity contribution in [1.82, 2.24) is 4.98 Å². The molecule has 0 saturated carbocycles. The molecule has 0 fully saturated rings. The summed E-state index contributed by atoms with van der Waals surface area (Å²) in [5.74, 6) is 0.733. The number of nitrogens with zero attached hydrogens (tertiary/aromatic N) is 1. The first-order valence-corrected chi connectivity index (χ1v) is 5.86. The van der Waals surface area contributed by atoms with Crippen molar-refractivity contribution in [3.05, 3.63) is 35.1 Å². The molecule has 0 amide bonds. The number of pyridine rings is 1. The number of aliphatic hydroxyl groups excluding tert-OH is 1. The molecular weight excluding hydrogens is 238 g/mol. The first-order valence-electron chi connectivity index (χ1n) is 5.48. The van der Waals surface area contributed by atoms with E-state index in [1.807, 2.05) is 25.1 Å². The van der Waals surface area contributed by atoms with Gasteiger partial charge in [0.15, 0.2) is 0 Å². The monoisotopic (exact) mass is 251 g/mol. The highest BCUT2D eigenvalue weighted by atomic mass is 35.5. The van der Waals surface area contributed by atoms with Gasteiger partial charge in [0, 0.05) is 10.8 Å². The number of ether oxygens (including phenoxy) is 1. The summed E-state index contributed by atoms with van der Waals surface area (Å²) >= 11 is 5.98. The zero-order valence-corrected chi connectivity index (χ0v) is 10.5. The van der Waals surface area contributed by atoms with Gasteiger partial charge in [-0.25, -0.2) is 4.98 Å². The van der Waals surface area contributed by atoms with Crippen LogP contribution >= 0.6 is 11.6 Å². The third kappa shape index (κ3) is 2.21. The van der Waals surface area contributed by atoms with Gasteiger partial charge in [0.1, 0.15) is 10.9 Å². The maximum Gasteiger partial charge on any atom is 0.130 e. The normalized spacial score (nSPS) is 12.7. The second kappa shape index (κ2) is 4.90. The molecule has 0 saturated heterocycles. The van der Waals surface area contributed by atoms with E-state index in [2.05, 4.69) is 4.98 Å². The quantitative estimate of drug-likeness (QED) is 0.851. The number of aromatic nitrogens is 1. The van der Waals surface area contributed by atoms with E-state index in [9.17, 15) is 5.11 Å². The van der Waals surface area contributed by atoms with Gasteiger partial charge in [-0.05, 0) is 18.6 Å². The zero-order valence-electron chi connectivity index (χ0n) is 9.77. The number of hydrogen-bond acceptors (Lipinski definition) is 3. The number of benzene rings is 1. The van der Waals surface area contributed by atoms with Gasteiger partial charge in [0.2, 0.25) is 0 Å². The summed E-state index contributed by atoms with van der Waals surface area (Å²) in [6, 6.07) is 7.40. The second-order valence-corrected chi connectivity index (χ2v) is 4.20. The number of methoxy groups -OCH3 is 1. The fraction of sp³-hybridized carbons (Fsp3) is 0.308. The topological polar surface area (TPSA) is 42.4 Å². The third-order valence-corrected chi connectivity index (χ3v) is 2.95. The number of rotatable bonds is 3. The standard InChI is InChI=1S/C13H14ClNO2/c1-3-10(16)13-8-5-4-6-11(17-2)9(8)7-12(14)15-13/h4-7,10,16H,3H2,1-2H3. The van der Waals surface area contributed by atoms with Gasteiger partial charge in [-0.1, -0.05) is 30.7 Å². The first-order chi connectivity index (χ1) is 8.17. The highest BCUT2D eigenvalue weighted by Crippen LogP contribution is 2.32. The van der Waals surface area contributed by atoms with Crippen LogP contribution in [0.1, 0.15) is 25.1 Å². The molecule has 0 radical (unpaired) electrons. The Morgan fingerprint density at radius 2 is 2.18 bits per heavy atom. The van der Waals surface area contributed by atoms with Gasteiger partial charge in [0.05, 0.1) is 18.9 Å². The van der Waals surface area contributed by atoms with Crippen LogP contribution in [-0.2, 0) is 0 Å². The molecule has 1 aromatic heterocycles. The lowest BCUT2D eigenvalue weighted by atomic mass is 10.0. The largest absolute Gasteiger partial charge is 0.496 e.